The van der Waals surface area contributed by atoms with Gasteiger partial charge in [0, 0.05) is 12.8 Å². The second-order valence-electron chi connectivity index (χ2n) is 21.4. The number of hydrogen-bond donors (Lipinski definition) is 3. The maximum atomic E-state index is 12.4. The standard InChI is InChI=1S/C63H121NO5/c1-3-5-7-9-11-13-15-17-18-19-23-27-30-33-37-41-45-49-53-57-63(68)69-58-54-50-46-42-38-34-31-28-25-22-20-21-24-26-29-32-36-40-44-48-52-56-62(67)64-60(59-65)61(66)55-51-47-43-39-35-16-14-12-10-8-6-4-2/h17-18,51,55,60-61,65-66H,3-16,19-50,52-54,56-59H2,1-2H3,(H,64,67)/b18-17-,55-51+. The number of hydrogen-bond acceptors (Lipinski definition) is 5. The Hall–Kier alpha value is -1.66. The lowest BCUT2D eigenvalue weighted by molar-refractivity contribution is -0.143. The topological polar surface area (TPSA) is 95.9 Å². The van der Waals surface area contributed by atoms with Gasteiger partial charge >= 0.3 is 5.97 Å². The first-order chi connectivity index (χ1) is 34.0. The zero-order chi connectivity index (χ0) is 50.0. The molecular weight excluding hydrogens is 851 g/mol. The smallest absolute Gasteiger partial charge is 0.305 e. The largest absolute Gasteiger partial charge is 0.466 e. The number of carbonyl (C=O) groups excluding carboxylic acids is 2. The van der Waals surface area contributed by atoms with Crippen LogP contribution in [0.15, 0.2) is 24.3 Å². The summed E-state index contributed by atoms with van der Waals surface area (Å²) in [5.41, 5.74) is 0. The summed E-state index contributed by atoms with van der Waals surface area (Å²) in [5.74, 6) is -0.0574. The van der Waals surface area contributed by atoms with Gasteiger partial charge < -0.3 is 20.3 Å². The van der Waals surface area contributed by atoms with Gasteiger partial charge in [0.15, 0.2) is 0 Å². The summed E-state index contributed by atoms with van der Waals surface area (Å²) in [7, 11) is 0. The fourth-order valence-electron chi connectivity index (χ4n) is 9.69. The molecule has 6 nitrogen and oxygen atoms in total. The van der Waals surface area contributed by atoms with Crippen molar-refractivity contribution in [3.05, 3.63) is 24.3 Å². The zero-order valence-electron chi connectivity index (χ0n) is 46.6. The van der Waals surface area contributed by atoms with Crippen molar-refractivity contribution in [2.45, 2.75) is 353 Å². The zero-order valence-corrected chi connectivity index (χ0v) is 46.6. The molecule has 0 aromatic carbocycles. The average molecular weight is 973 g/mol. The maximum Gasteiger partial charge on any atom is 0.305 e. The molecule has 0 bridgehead atoms. The molecular formula is C63H121NO5. The third-order valence-corrected chi connectivity index (χ3v) is 14.5. The number of ether oxygens (including phenoxy) is 1. The molecule has 0 rings (SSSR count). The first-order valence-corrected chi connectivity index (χ1v) is 31.1. The van der Waals surface area contributed by atoms with Crippen molar-refractivity contribution in [1.29, 1.82) is 0 Å². The minimum Gasteiger partial charge on any atom is -0.466 e. The first kappa shape index (κ1) is 67.3. The fourth-order valence-corrected chi connectivity index (χ4v) is 9.69. The molecule has 0 heterocycles. The second kappa shape index (κ2) is 58.9. The van der Waals surface area contributed by atoms with Gasteiger partial charge in [0.25, 0.3) is 0 Å². The molecule has 0 aliphatic heterocycles. The SMILES string of the molecule is CCCCCCCC/C=C\CCCCCCCCCCCC(=O)OCCCCCCCCCCCCCCCCCCCCCCCC(=O)NC(CO)C(O)/C=C/CCCCCCCCCCCC. The highest BCUT2D eigenvalue weighted by molar-refractivity contribution is 5.76. The van der Waals surface area contributed by atoms with Crippen LogP contribution >= 0.6 is 0 Å². The van der Waals surface area contributed by atoms with E-state index in [-0.39, 0.29) is 18.5 Å². The van der Waals surface area contributed by atoms with Crippen LogP contribution in [0, 0.1) is 0 Å². The summed E-state index contributed by atoms with van der Waals surface area (Å²) in [6, 6.07) is -0.627. The van der Waals surface area contributed by atoms with E-state index in [1.807, 2.05) is 6.08 Å². The maximum absolute atomic E-state index is 12.4. The van der Waals surface area contributed by atoms with Gasteiger partial charge in [-0.05, 0) is 57.8 Å². The summed E-state index contributed by atoms with van der Waals surface area (Å²) in [4.78, 5) is 24.5. The van der Waals surface area contributed by atoms with Gasteiger partial charge in [0.05, 0.1) is 25.4 Å². The van der Waals surface area contributed by atoms with E-state index in [0.29, 0.717) is 19.4 Å². The Labute approximate surface area is 431 Å². The Morgan fingerprint density at radius 1 is 0.391 bits per heavy atom. The predicted molar refractivity (Wildman–Crippen MR) is 301 cm³/mol. The molecule has 1 amide bonds. The Kier molecular flexibility index (Phi) is 57.5. The second-order valence-corrected chi connectivity index (χ2v) is 21.4. The van der Waals surface area contributed by atoms with Crippen LogP contribution in [-0.2, 0) is 14.3 Å². The van der Waals surface area contributed by atoms with E-state index in [1.54, 1.807) is 6.08 Å². The van der Waals surface area contributed by atoms with E-state index in [9.17, 15) is 19.8 Å². The van der Waals surface area contributed by atoms with Crippen molar-refractivity contribution >= 4 is 11.9 Å². The molecule has 0 spiro atoms. The monoisotopic (exact) mass is 972 g/mol. The number of allylic oxidation sites excluding steroid dienone is 3. The van der Waals surface area contributed by atoms with E-state index >= 15 is 0 Å². The molecule has 6 heteroatoms. The summed E-state index contributed by atoms with van der Waals surface area (Å²) >= 11 is 0. The summed E-state index contributed by atoms with van der Waals surface area (Å²) in [6.45, 7) is 4.91. The van der Waals surface area contributed by atoms with Crippen LogP contribution in [0.4, 0.5) is 0 Å². The van der Waals surface area contributed by atoms with Gasteiger partial charge in [0.2, 0.25) is 5.91 Å². The van der Waals surface area contributed by atoms with Crippen LogP contribution in [0.2, 0.25) is 0 Å². The lowest BCUT2D eigenvalue weighted by Gasteiger charge is -2.20. The van der Waals surface area contributed by atoms with Crippen molar-refractivity contribution < 1.29 is 24.5 Å². The number of amides is 1. The molecule has 0 saturated heterocycles. The molecule has 0 fully saturated rings. The van der Waals surface area contributed by atoms with Crippen LogP contribution in [0.3, 0.4) is 0 Å². The van der Waals surface area contributed by atoms with Gasteiger partial charge in [-0.15, -0.1) is 0 Å². The highest BCUT2D eigenvalue weighted by Crippen LogP contribution is 2.17. The van der Waals surface area contributed by atoms with Gasteiger partial charge in [-0.1, -0.05) is 295 Å². The van der Waals surface area contributed by atoms with Gasteiger partial charge in [-0.2, -0.15) is 0 Å². The van der Waals surface area contributed by atoms with Crippen molar-refractivity contribution in [2.24, 2.45) is 0 Å². The summed E-state index contributed by atoms with van der Waals surface area (Å²) in [5, 5.41) is 23.1. The molecule has 0 aliphatic rings. The number of aliphatic hydroxyl groups excluding tert-OH is 2. The van der Waals surface area contributed by atoms with Crippen LogP contribution in [0.5, 0.6) is 0 Å². The van der Waals surface area contributed by atoms with Gasteiger partial charge in [-0.3, -0.25) is 9.59 Å². The van der Waals surface area contributed by atoms with Crippen molar-refractivity contribution in [3.8, 4) is 0 Å². The molecule has 2 unspecified atom stereocenters. The highest BCUT2D eigenvalue weighted by Gasteiger charge is 2.18. The normalized spacial score (nSPS) is 12.7. The Balaban J connectivity index is 3.37. The van der Waals surface area contributed by atoms with Crippen molar-refractivity contribution in [3.63, 3.8) is 0 Å². The summed E-state index contributed by atoms with van der Waals surface area (Å²) < 4.78 is 5.50. The third kappa shape index (κ3) is 55.5. The molecule has 3 N–H and O–H groups in total. The Morgan fingerprint density at radius 3 is 1.03 bits per heavy atom. The molecule has 0 saturated carbocycles. The molecule has 69 heavy (non-hydrogen) atoms. The number of aliphatic hydroxyl groups is 2. The van der Waals surface area contributed by atoms with E-state index in [0.717, 1.165) is 44.9 Å². The number of nitrogens with one attached hydrogen (secondary N) is 1. The lowest BCUT2D eigenvalue weighted by atomic mass is 10.0. The average Bonchev–Trinajstić information content (AvgIpc) is 3.35. The molecule has 2 atom stereocenters. The van der Waals surface area contributed by atoms with Crippen LogP contribution < -0.4 is 5.32 Å². The number of rotatable bonds is 58. The molecule has 408 valence electrons. The lowest BCUT2D eigenvalue weighted by Crippen LogP contribution is -2.45. The van der Waals surface area contributed by atoms with Crippen LogP contribution in [0.1, 0.15) is 341 Å². The van der Waals surface area contributed by atoms with E-state index in [1.165, 1.54) is 270 Å². The molecule has 0 aliphatic carbocycles. The number of esters is 1. The Morgan fingerprint density at radius 2 is 0.681 bits per heavy atom. The van der Waals surface area contributed by atoms with E-state index in [2.05, 4.69) is 31.3 Å². The third-order valence-electron chi connectivity index (χ3n) is 14.5. The van der Waals surface area contributed by atoms with Crippen molar-refractivity contribution in [1.82, 2.24) is 5.32 Å². The number of carbonyl (C=O) groups is 2. The first-order valence-electron chi connectivity index (χ1n) is 31.1. The van der Waals surface area contributed by atoms with Crippen LogP contribution in [0.25, 0.3) is 0 Å². The summed E-state index contributed by atoms with van der Waals surface area (Å²) in [6.07, 6.45) is 72.2. The molecule has 0 radical (unpaired) electrons. The fraction of sp³-hybridized carbons (Fsp3) is 0.905. The minimum absolute atomic E-state index is 0.0112. The quantitative estimate of drug-likeness (QED) is 0.0321. The number of unbranched alkanes of at least 4 members (excludes halogenated alkanes) is 45. The van der Waals surface area contributed by atoms with Gasteiger partial charge in [0.1, 0.15) is 0 Å². The van der Waals surface area contributed by atoms with Crippen molar-refractivity contribution in [2.75, 3.05) is 13.2 Å². The minimum atomic E-state index is -0.844. The Bertz CT molecular complexity index is 1080. The molecule has 0 aromatic rings. The van der Waals surface area contributed by atoms with Crippen LogP contribution in [-0.4, -0.2) is 47.4 Å². The van der Waals surface area contributed by atoms with Gasteiger partial charge in [-0.25, -0.2) is 0 Å². The molecule has 0 aromatic heterocycles. The van der Waals surface area contributed by atoms with E-state index < -0.39 is 12.1 Å². The predicted octanol–water partition coefficient (Wildman–Crippen LogP) is 19.4. The van der Waals surface area contributed by atoms with E-state index in [4.69, 9.17) is 4.74 Å². The highest BCUT2D eigenvalue weighted by atomic mass is 16.5.